The summed E-state index contributed by atoms with van der Waals surface area (Å²) in [7, 11) is 0. The third kappa shape index (κ3) is 11.2. The van der Waals surface area contributed by atoms with E-state index in [9.17, 15) is 0 Å². The van der Waals surface area contributed by atoms with Crippen LogP contribution in [0, 0.1) is 0 Å². The molecule has 0 aromatic carbocycles. The van der Waals surface area contributed by atoms with Crippen LogP contribution >= 0.6 is 0 Å². The zero-order valence-corrected chi connectivity index (χ0v) is 5.93. The third-order valence-electron chi connectivity index (χ3n) is 0.0393. The van der Waals surface area contributed by atoms with Gasteiger partial charge in [-0.2, -0.15) is 0 Å². The standard InChI is InChI=1S/CH2O3.K.H/c2-1-4-3;;/h1,3H;;/q;+1;-1/p-1. The minimum Gasteiger partial charge on any atom is -1.00 e. The van der Waals surface area contributed by atoms with Crippen molar-refractivity contribution in [1.82, 2.24) is 0 Å². The second-order valence-electron chi connectivity index (χ2n) is 0.192. The summed E-state index contributed by atoms with van der Waals surface area (Å²) < 4.78 is 0. The molecule has 0 rings (SSSR count). The maximum Gasteiger partial charge on any atom is 1.00 e. The van der Waals surface area contributed by atoms with Crippen LogP contribution in [-0.4, -0.2) is 6.47 Å². The Labute approximate surface area is 73.1 Å². The second kappa shape index (κ2) is 8.91. The molecule has 0 aliphatic rings. The fourth-order valence-electron chi connectivity index (χ4n) is 0. The van der Waals surface area contributed by atoms with Gasteiger partial charge in [0.05, 0.1) is 0 Å². The minimum absolute atomic E-state index is 0. The Morgan fingerprint density at radius 3 is 2.20 bits per heavy atom. The van der Waals surface area contributed by atoms with Gasteiger partial charge in [0.15, 0.2) is 0 Å². The SMILES string of the molecule is O=CO[O-].[H-].[K+]. The first kappa shape index (κ1) is 9.42. The molecule has 0 radical (unpaired) electrons. The van der Waals surface area contributed by atoms with Crippen LogP contribution in [-0.2, 0) is 9.68 Å². The molecule has 5 heavy (non-hydrogen) atoms. The first-order chi connectivity index (χ1) is 1.91. The molecule has 0 bridgehead atoms. The zero-order chi connectivity index (χ0) is 3.41. The van der Waals surface area contributed by atoms with Gasteiger partial charge in [-0.05, 0) is 0 Å². The Morgan fingerprint density at radius 2 is 2.20 bits per heavy atom. The zero-order valence-electron chi connectivity index (χ0n) is 3.80. The maximum atomic E-state index is 8.64. The van der Waals surface area contributed by atoms with Crippen molar-refractivity contribution >= 4 is 6.47 Å². The molecule has 0 aromatic rings. The normalized spacial score (nSPS) is 4.20. The summed E-state index contributed by atoms with van der Waals surface area (Å²) in [5.41, 5.74) is 0. The molecule has 3 nitrogen and oxygen atoms in total. The molecule has 0 unspecified atom stereocenters. The summed E-state index contributed by atoms with van der Waals surface area (Å²) in [6.45, 7) is -0.181. The van der Waals surface area contributed by atoms with Gasteiger partial charge in [-0.25, -0.2) is 0 Å². The van der Waals surface area contributed by atoms with Gasteiger partial charge < -0.3 is 11.6 Å². The van der Waals surface area contributed by atoms with Crippen LogP contribution in [0.1, 0.15) is 1.43 Å². The summed E-state index contributed by atoms with van der Waals surface area (Å²) in [5, 5.41) is 8.43. The van der Waals surface area contributed by atoms with E-state index in [4.69, 9.17) is 10.1 Å². The third-order valence-corrected chi connectivity index (χ3v) is 0.0393. The van der Waals surface area contributed by atoms with E-state index < -0.39 is 0 Å². The molecule has 26 valence electrons. The first-order valence-electron chi connectivity index (χ1n) is 0.638. The summed E-state index contributed by atoms with van der Waals surface area (Å²) in [6.07, 6.45) is 0. The molecule has 0 amide bonds. The van der Waals surface area contributed by atoms with Gasteiger partial charge in [0.1, 0.15) is 0 Å². The van der Waals surface area contributed by atoms with Crippen molar-refractivity contribution in [3.05, 3.63) is 0 Å². The molecule has 0 heterocycles. The fourth-order valence-corrected chi connectivity index (χ4v) is 0. The van der Waals surface area contributed by atoms with Gasteiger partial charge >= 0.3 is 51.4 Å². The topological polar surface area (TPSA) is 49.4 Å². The monoisotopic (exact) mass is 101 g/mol. The Bertz CT molecular complexity index is 24.8. The van der Waals surface area contributed by atoms with Crippen LogP contribution < -0.4 is 56.6 Å². The summed E-state index contributed by atoms with van der Waals surface area (Å²) in [4.78, 5) is 11.2. The van der Waals surface area contributed by atoms with E-state index in [-0.39, 0.29) is 59.3 Å². The van der Waals surface area contributed by atoms with Crippen molar-refractivity contribution in [3.8, 4) is 0 Å². The largest absolute Gasteiger partial charge is 1.00 e. The predicted molar refractivity (Wildman–Crippen MR) is 8.26 cm³/mol. The summed E-state index contributed by atoms with van der Waals surface area (Å²) in [5.74, 6) is 0. The molecular weight excluding hydrogens is 99.1 g/mol. The molecule has 0 aliphatic heterocycles. The summed E-state index contributed by atoms with van der Waals surface area (Å²) in [6, 6.07) is 0. The molecule has 0 aromatic heterocycles. The Hall–Kier alpha value is 1.07. The fraction of sp³-hybridized carbons (Fsp3) is 0. The van der Waals surface area contributed by atoms with Crippen molar-refractivity contribution in [2.45, 2.75) is 0 Å². The van der Waals surface area contributed by atoms with Crippen LogP contribution in [0.2, 0.25) is 0 Å². The van der Waals surface area contributed by atoms with Crippen LogP contribution in [0.25, 0.3) is 0 Å². The van der Waals surface area contributed by atoms with Gasteiger partial charge in [0.2, 0.25) is 0 Å². The van der Waals surface area contributed by atoms with Gasteiger partial charge in [0, 0.05) is 0 Å². The van der Waals surface area contributed by atoms with E-state index in [1.165, 1.54) is 0 Å². The summed E-state index contributed by atoms with van der Waals surface area (Å²) >= 11 is 0. The van der Waals surface area contributed by atoms with E-state index >= 15 is 0 Å². The van der Waals surface area contributed by atoms with Gasteiger partial charge in [-0.3, -0.25) is 4.79 Å². The molecule has 0 spiro atoms. The predicted octanol–water partition coefficient (Wildman–Crippen LogP) is -4.45. The smallest absolute Gasteiger partial charge is 1.00 e. The van der Waals surface area contributed by atoms with E-state index in [1.807, 2.05) is 0 Å². The van der Waals surface area contributed by atoms with Crippen LogP contribution in [0.15, 0.2) is 0 Å². The Morgan fingerprint density at radius 1 is 2.00 bits per heavy atom. The quantitative estimate of drug-likeness (QED) is 0.145. The average molecular weight is 101 g/mol. The van der Waals surface area contributed by atoms with Crippen molar-refractivity contribution in [2.75, 3.05) is 0 Å². The van der Waals surface area contributed by atoms with E-state index in [1.54, 1.807) is 0 Å². The van der Waals surface area contributed by atoms with Gasteiger partial charge in [-0.1, -0.05) is 0 Å². The Kier molecular flexibility index (Phi) is 16.8. The van der Waals surface area contributed by atoms with Crippen LogP contribution in [0.5, 0.6) is 0 Å². The molecule has 0 aliphatic carbocycles. The van der Waals surface area contributed by atoms with E-state index in [0.717, 1.165) is 0 Å². The number of carbonyl (C=O) groups is 1. The van der Waals surface area contributed by atoms with Gasteiger partial charge in [-0.15, -0.1) is 0 Å². The molecule has 0 fully saturated rings. The molecule has 0 saturated heterocycles. The molecule has 0 atom stereocenters. The second-order valence-corrected chi connectivity index (χ2v) is 0.192. The number of hydrogen-bond donors (Lipinski definition) is 0. The Balaban J connectivity index is -0.0000000450. The maximum absolute atomic E-state index is 8.64. The first-order valence-corrected chi connectivity index (χ1v) is 0.638. The number of hydrogen-bond acceptors (Lipinski definition) is 3. The van der Waals surface area contributed by atoms with Crippen molar-refractivity contribution in [2.24, 2.45) is 0 Å². The molecular formula is CH2KO3-. The number of rotatable bonds is 1. The van der Waals surface area contributed by atoms with Crippen LogP contribution in [0.4, 0.5) is 0 Å². The minimum atomic E-state index is -0.181. The van der Waals surface area contributed by atoms with E-state index in [2.05, 4.69) is 4.89 Å². The van der Waals surface area contributed by atoms with Crippen molar-refractivity contribution in [3.63, 3.8) is 0 Å². The molecule has 0 saturated carbocycles. The number of carbonyl (C=O) groups excluding carboxylic acids is 1. The van der Waals surface area contributed by atoms with Crippen molar-refractivity contribution in [1.29, 1.82) is 0 Å². The average Bonchev–Trinajstić information content (AvgIpc) is 1.37. The van der Waals surface area contributed by atoms with Crippen molar-refractivity contribution < 1.29 is 67.8 Å². The molecule has 0 N–H and O–H groups in total. The van der Waals surface area contributed by atoms with E-state index in [0.29, 0.717) is 0 Å². The van der Waals surface area contributed by atoms with Gasteiger partial charge in [0.25, 0.3) is 6.47 Å². The van der Waals surface area contributed by atoms with Crippen LogP contribution in [0.3, 0.4) is 0 Å². The molecule has 4 heteroatoms.